The lowest BCUT2D eigenvalue weighted by Gasteiger charge is -2.12. The largest absolute Gasteiger partial charge is 0.456 e. The summed E-state index contributed by atoms with van der Waals surface area (Å²) in [5, 5.41) is 0.874. The van der Waals surface area contributed by atoms with Crippen LogP contribution in [0.2, 0.25) is 0 Å². The number of benzene rings is 2. The van der Waals surface area contributed by atoms with Crippen LogP contribution in [0.5, 0.6) is 11.5 Å². The highest BCUT2D eigenvalue weighted by atomic mass is 32.2. The molecule has 118 valence electrons. The van der Waals surface area contributed by atoms with E-state index in [1.807, 2.05) is 37.3 Å². The fourth-order valence-electron chi connectivity index (χ4n) is 2.53. The second-order valence-electron chi connectivity index (χ2n) is 5.50. The number of nitrogens with zero attached hydrogens (tertiary/aromatic N) is 1. The summed E-state index contributed by atoms with van der Waals surface area (Å²) >= 11 is 0. The summed E-state index contributed by atoms with van der Waals surface area (Å²) in [6.45, 7) is 4.18. The molecule has 23 heavy (non-hydrogen) atoms. The Bertz CT molecular complexity index is 890. The van der Waals surface area contributed by atoms with E-state index >= 15 is 0 Å². The molecule has 1 unspecified atom stereocenters. The van der Waals surface area contributed by atoms with E-state index in [1.165, 1.54) is 5.56 Å². The summed E-state index contributed by atoms with van der Waals surface area (Å²) in [4.78, 5) is 5.13. The fourth-order valence-corrected chi connectivity index (χ4v) is 3.08. The van der Waals surface area contributed by atoms with Gasteiger partial charge in [-0.2, -0.15) is 0 Å². The van der Waals surface area contributed by atoms with Crippen molar-refractivity contribution in [1.82, 2.24) is 4.98 Å². The third-order valence-corrected chi connectivity index (χ3v) is 4.79. The maximum atomic E-state index is 11.7. The van der Waals surface area contributed by atoms with Crippen molar-refractivity contribution in [3.63, 3.8) is 0 Å². The third-order valence-electron chi connectivity index (χ3n) is 3.87. The molecule has 3 nitrogen and oxygen atoms in total. The van der Waals surface area contributed by atoms with Crippen molar-refractivity contribution in [2.24, 2.45) is 0 Å². The summed E-state index contributed by atoms with van der Waals surface area (Å²) < 4.78 is 17.9. The quantitative estimate of drug-likeness (QED) is 0.702. The van der Waals surface area contributed by atoms with Gasteiger partial charge in [0.05, 0.1) is 5.52 Å². The van der Waals surface area contributed by atoms with Crippen LogP contribution in [0.4, 0.5) is 0 Å². The standard InChI is InChI=1S/C19H19NO2S/c1-4-14-5-8-18(13(2)11-14)22-19-9-10-20-17-7-6-15(23(3)21)12-16(17)19/h5-12H,4H2,1-3H3. The zero-order valence-corrected chi connectivity index (χ0v) is 14.3. The minimum absolute atomic E-state index is 0.731. The molecule has 4 heteroatoms. The van der Waals surface area contributed by atoms with Gasteiger partial charge in [0.15, 0.2) is 0 Å². The Labute approximate surface area is 138 Å². The highest BCUT2D eigenvalue weighted by Crippen LogP contribution is 2.32. The van der Waals surface area contributed by atoms with Gasteiger partial charge in [0, 0.05) is 33.5 Å². The molecule has 0 fully saturated rings. The lowest BCUT2D eigenvalue weighted by atomic mass is 10.1. The lowest BCUT2D eigenvalue weighted by molar-refractivity contribution is 0.483. The molecule has 0 amide bonds. The average Bonchev–Trinajstić information content (AvgIpc) is 2.56. The minimum atomic E-state index is -1.03. The third kappa shape index (κ3) is 3.27. The molecule has 1 aromatic heterocycles. The van der Waals surface area contributed by atoms with Crippen molar-refractivity contribution < 1.29 is 8.95 Å². The molecular formula is C19H19NO2S. The molecule has 0 radical (unpaired) electrons. The van der Waals surface area contributed by atoms with Crippen LogP contribution < -0.4 is 4.74 Å². The van der Waals surface area contributed by atoms with Gasteiger partial charge in [0.25, 0.3) is 0 Å². The van der Waals surface area contributed by atoms with Gasteiger partial charge in [0.2, 0.25) is 0 Å². The number of pyridine rings is 1. The molecule has 0 saturated heterocycles. The Morgan fingerprint density at radius 2 is 1.91 bits per heavy atom. The van der Waals surface area contributed by atoms with E-state index in [9.17, 15) is 4.21 Å². The zero-order valence-electron chi connectivity index (χ0n) is 13.5. The van der Waals surface area contributed by atoms with Crippen LogP contribution in [0.25, 0.3) is 10.9 Å². The van der Waals surface area contributed by atoms with E-state index < -0.39 is 10.8 Å². The molecule has 3 rings (SSSR count). The van der Waals surface area contributed by atoms with Crippen molar-refractivity contribution in [3.05, 3.63) is 59.8 Å². The smallest absolute Gasteiger partial charge is 0.138 e. The van der Waals surface area contributed by atoms with Gasteiger partial charge in [-0.1, -0.05) is 19.1 Å². The van der Waals surface area contributed by atoms with Crippen molar-refractivity contribution in [2.45, 2.75) is 25.2 Å². The molecular weight excluding hydrogens is 306 g/mol. The van der Waals surface area contributed by atoms with E-state index in [0.29, 0.717) is 0 Å². The fraction of sp³-hybridized carbons (Fsp3) is 0.211. The molecule has 1 heterocycles. The topological polar surface area (TPSA) is 39.2 Å². The van der Waals surface area contributed by atoms with Crippen LogP contribution in [0, 0.1) is 6.92 Å². The number of ether oxygens (including phenoxy) is 1. The van der Waals surface area contributed by atoms with Crippen LogP contribution >= 0.6 is 0 Å². The molecule has 0 spiro atoms. The van der Waals surface area contributed by atoms with Gasteiger partial charge in [0.1, 0.15) is 11.5 Å². The van der Waals surface area contributed by atoms with Crippen molar-refractivity contribution in [2.75, 3.05) is 6.26 Å². The molecule has 0 aliphatic heterocycles. The Morgan fingerprint density at radius 3 is 2.61 bits per heavy atom. The monoisotopic (exact) mass is 325 g/mol. The van der Waals surface area contributed by atoms with Crippen LogP contribution in [-0.2, 0) is 17.2 Å². The van der Waals surface area contributed by atoms with Crippen LogP contribution in [0.3, 0.4) is 0 Å². The molecule has 1 atom stereocenters. The highest BCUT2D eigenvalue weighted by Gasteiger charge is 2.09. The number of hydrogen-bond donors (Lipinski definition) is 0. The normalized spacial score (nSPS) is 12.3. The van der Waals surface area contributed by atoms with Gasteiger partial charge in [-0.3, -0.25) is 9.19 Å². The second kappa shape index (κ2) is 6.50. The van der Waals surface area contributed by atoms with E-state index in [-0.39, 0.29) is 0 Å². The first-order valence-electron chi connectivity index (χ1n) is 7.58. The maximum Gasteiger partial charge on any atom is 0.138 e. The van der Waals surface area contributed by atoms with Crippen LogP contribution in [0.15, 0.2) is 53.6 Å². The predicted octanol–water partition coefficient (Wildman–Crippen LogP) is 4.64. The SMILES string of the molecule is CCc1ccc(Oc2ccnc3ccc(S(C)=O)cc23)c(C)c1. The summed E-state index contributed by atoms with van der Waals surface area (Å²) in [6, 6.07) is 13.7. The Hall–Kier alpha value is -2.20. The van der Waals surface area contributed by atoms with Crippen LogP contribution in [-0.4, -0.2) is 15.4 Å². The first kappa shape index (κ1) is 15.7. The molecule has 3 aromatic rings. The molecule has 0 N–H and O–H groups in total. The Morgan fingerprint density at radius 1 is 1.09 bits per heavy atom. The summed E-state index contributed by atoms with van der Waals surface area (Å²) in [5.74, 6) is 1.56. The average molecular weight is 325 g/mol. The zero-order chi connectivity index (χ0) is 16.4. The Kier molecular flexibility index (Phi) is 4.44. The summed E-state index contributed by atoms with van der Waals surface area (Å²) in [7, 11) is -1.03. The van der Waals surface area contributed by atoms with Gasteiger partial charge in [-0.25, -0.2) is 0 Å². The lowest BCUT2D eigenvalue weighted by Crippen LogP contribution is -1.93. The number of rotatable bonds is 4. The van der Waals surface area contributed by atoms with Gasteiger partial charge < -0.3 is 4.74 Å². The maximum absolute atomic E-state index is 11.7. The highest BCUT2D eigenvalue weighted by molar-refractivity contribution is 7.84. The Balaban J connectivity index is 2.05. The number of fused-ring (bicyclic) bond motifs is 1. The number of hydrogen-bond acceptors (Lipinski definition) is 3. The van der Waals surface area contributed by atoms with E-state index in [2.05, 4.69) is 24.0 Å². The molecule has 2 aromatic carbocycles. The van der Waals surface area contributed by atoms with Crippen LogP contribution in [0.1, 0.15) is 18.1 Å². The van der Waals surface area contributed by atoms with Gasteiger partial charge in [-0.15, -0.1) is 0 Å². The van der Waals surface area contributed by atoms with Crippen molar-refractivity contribution in [1.29, 1.82) is 0 Å². The van der Waals surface area contributed by atoms with E-state index in [4.69, 9.17) is 4.74 Å². The molecule has 0 aliphatic rings. The summed E-state index contributed by atoms with van der Waals surface area (Å²) in [6.07, 6.45) is 4.41. The minimum Gasteiger partial charge on any atom is -0.456 e. The first-order chi connectivity index (χ1) is 11.1. The van der Waals surface area contributed by atoms with E-state index in [0.717, 1.165) is 39.3 Å². The molecule has 0 bridgehead atoms. The summed E-state index contributed by atoms with van der Waals surface area (Å²) in [5.41, 5.74) is 3.22. The first-order valence-corrected chi connectivity index (χ1v) is 9.14. The molecule has 0 saturated carbocycles. The van der Waals surface area contributed by atoms with Crippen molar-refractivity contribution in [3.8, 4) is 11.5 Å². The second-order valence-corrected chi connectivity index (χ2v) is 6.88. The number of aryl methyl sites for hydroxylation is 2. The van der Waals surface area contributed by atoms with Crippen molar-refractivity contribution >= 4 is 21.7 Å². The van der Waals surface area contributed by atoms with E-state index in [1.54, 1.807) is 12.5 Å². The van der Waals surface area contributed by atoms with Gasteiger partial charge >= 0.3 is 0 Å². The van der Waals surface area contributed by atoms with Gasteiger partial charge in [-0.05, 0) is 54.8 Å². The number of aromatic nitrogens is 1. The predicted molar refractivity (Wildman–Crippen MR) is 94.7 cm³/mol. The molecule has 0 aliphatic carbocycles.